The van der Waals surface area contributed by atoms with E-state index in [0.717, 1.165) is 0 Å². The van der Waals surface area contributed by atoms with Crippen LogP contribution in [0.2, 0.25) is 0 Å². The molecule has 2 N–H and O–H groups in total. The second-order valence-electron chi connectivity index (χ2n) is 8.81. The van der Waals surface area contributed by atoms with E-state index in [1.54, 1.807) is 47.4 Å². The highest BCUT2D eigenvalue weighted by Gasteiger charge is 2.38. The zero-order chi connectivity index (χ0) is 26.7. The molecule has 0 saturated carbocycles. The standard InChI is InChI=1S/C26H25F3N6O2/c1-3-22(26(27,28)29)31-13-17-7-9-20(10-8-17)35-16(2)15-34-23(25(35)37)21(14-32-34)24(36)33-19-6-4-5-18(11-19)12-30/h4-11,14,16,22,31H,3,13,15H2,1-2H3,(H,33,36)/t16-,22?/m0/s1. The minimum Gasteiger partial charge on any atom is -0.322 e. The maximum atomic E-state index is 13.5. The first-order valence-electron chi connectivity index (χ1n) is 11.7. The summed E-state index contributed by atoms with van der Waals surface area (Å²) in [5.41, 5.74) is 2.24. The fourth-order valence-electron chi connectivity index (χ4n) is 4.31. The van der Waals surface area contributed by atoms with E-state index in [-0.39, 0.29) is 30.3 Å². The summed E-state index contributed by atoms with van der Waals surface area (Å²) in [6.07, 6.45) is -3.06. The molecule has 1 aromatic heterocycles. The number of nitrogens with zero attached hydrogens (tertiary/aromatic N) is 4. The van der Waals surface area contributed by atoms with Crippen LogP contribution in [0.15, 0.2) is 54.7 Å². The topological polar surface area (TPSA) is 103 Å². The van der Waals surface area contributed by atoms with Crippen LogP contribution in [-0.2, 0) is 13.1 Å². The molecule has 2 amide bonds. The molecule has 0 saturated heterocycles. The molecule has 1 aliphatic rings. The van der Waals surface area contributed by atoms with Crippen LogP contribution in [0.1, 0.15) is 52.2 Å². The van der Waals surface area contributed by atoms with Crippen LogP contribution in [0.5, 0.6) is 0 Å². The zero-order valence-corrected chi connectivity index (χ0v) is 20.2. The van der Waals surface area contributed by atoms with Gasteiger partial charge in [0.25, 0.3) is 11.8 Å². The molecule has 4 rings (SSSR count). The number of nitrogens with one attached hydrogen (secondary N) is 2. The SMILES string of the molecule is CCC(NCc1ccc(N2C(=O)c3c(C(=O)Nc4cccc(C#N)c4)cnn3C[C@@H]2C)cc1)C(F)(F)F. The Morgan fingerprint density at radius 3 is 2.62 bits per heavy atom. The predicted molar refractivity (Wildman–Crippen MR) is 131 cm³/mol. The van der Waals surface area contributed by atoms with Crippen molar-refractivity contribution in [3.05, 3.63) is 77.1 Å². The number of rotatable bonds is 7. The fraction of sp³-hybridized carbons (Fsp3) is 0.308. The van der Waals surface area contributed by atoms with Gasteiger partial charge in [0, 0.05) is 17.9 Å². The van der Waals surface area contributed by atoms with Gasteiger partial charge < -0.3 is 15.5 Å². The van der Waals surface area contributed by atoms with E-state index in [1.165, 1.54) is 23.9 Å². The Kier molecular flexibility index (Phi) is 7.31. The van der Waals surface area contributed by atoms with Crippen LogP contribution < -0.4 is 15.5 Å². The third kappa shape index (κ3) is 5.49. The van der Waals surface area contributed by atoms with Gasteiger partial charge in [0.05, 0.1) is 36.0 Å². The van der Waals surface area contributed by atoms with E-state index in [9.17, 15) is 22.8 Å². The molecule has 1 aliphatic heterocycles. The van der Waals surface area contributed by atoms with Gasteiger partial charge in [-0.2, -0.15) is 23.5 Å². The van der Waals surface area contributed by atoms with Gasteiger partial charge in [-0.1, -0.05) is 25.1 Å². The van der Waals surface area contributed by atoms with Gasteiger partial charge in [-0.3, -0.25) is 14.3 Å². The number of aromatic nitrogens is 2. The Balaban J connectivity index is 1.52. The second-order valence-corrected chi connectivity index (χ2v) is 8.81. The second kappa shape index (κ2) is 10.4. The summed E-state index contributed by atoms with van der Waals surface area (Å²) in [5.74, 6) is -0.947. The normalized spacial score (nSPS) is 16.2. The number of fused-ring (bicyclic) bond motifs is 1. The molecule has 0 spiro atoms. The highest BCUT2D eigenvalue weighted by Crippen LogP contribution is 2.28. The van der Waals surface area contributed by atoms with Crippen LogP contribution in [-0.4, -0.2) is 39.9 Å². The number of amides is 2. The predicted octanol–water partition coefficient (Wildman–Crippen LogP) is 4.49. The molecule has 2 aromatic carbocycles. The largest absolute Gasteiger partial charge is 0.403 e. The lowest BCUT2D eigenvalue weighted by molar-refractivity contribution is -0.156. The minimum atomic E-state index is -4.32. The summed E-state index contributed by atoms with van der Waals surface area (Å²) in [5, 5.41) is 18.5. The Hall–Kier alpha value is -4.17. The van der Waals surface area contributed by atoms with E-state index in [0.29, 0.717) is 29.0 Å². The first kappa shape index (κ1) is 25.9. The van der Waals surface area contributed by atoms with Crippen molar-refractivity contribution in [2.24, 2.45) is 0 Å². The molecule has 0 fully saturated rings. The van der Waals surface area contributed by atoms with E-state index in [1.807, 2.05) is 13.0 Å². The molecule has 8 nitrogen and oxygen atoms in total. The van der Waals surface area contributed by atoms with Crippen LogP contribution in [0.3, 0.4) is 0 Å². The van der Waals surface area contributed by atoms with Crippen molar-refractivity contribution in [3.63, 3.8) is 0 Å². The Bertz CT molecular complexity index is 1340. The number of hydrogen-bond donors (Lipinski definition) is 2. The lowest BCUT2D eigenvalue weighted by Gasteiger charge is -2.34. The monoisotopic (exact) mass is 510 g/mol. The quantitative estimate of drug-likeness (QED) is 0.488. The van der Waals surface area contributed by atoms with Crippen molar-refractivity contribution < 1.29 is 22.8 Å². The van der Waals surface area contributed by atoms with Crippen LogP contribution in [0, 0.1) is 11.3 Å². The molecular weight excluding hydrogens is 485 g/mol. The maximum absolute atomic E-state index is 13.5. The molecule has 2 heterocycles. The molecule has 11 heteroatoms. The van der Waals surface area contributed by atoms with E-state index in [4.69, 9.17) is 5.26 Å². The number of benzene rings is 2. The number of carbonyl (C=O) groups excluding carboxylic acids is 2. The van der Waals surface area contributed by atoms with Crippen LogP contribution in [0.25, 0.3) is 0 Å². The first-order valence-corrected chi connectivity index (χ1v) is 11.7. The number of anilines is 2. The number of nitriles is 1. The van der Waals surface area contributed by atoms with E-state index < -0.39 is 24.0 Å². The lowest BCUT2D eigenvalue weighted by atomic mass is 10.1. The molecule has 3 aromatic rings. The summed E-state index contributed by atoms with van der Waals surface area (Å²) in [7, 11) is 0. The molecule has 192 valence electrons. The van der Waals surface area contributed by atoms with Crippen molar-refractivity contribution in [3.8, 4) is 6.07 Å². The summed E-state index contributed by atoms with van der Waals surface area (Å²) in [6.45, 7) is 3.71. The van der Waals surface area contributed by atoms with E-state index >= 15 is 0 Å². The molecule has 1 unspecified atom stereocenters. The molecule has 0 bridgehead atoms. The average Bonchev–Trinajstić information content (AvgIpc) is 3.29. The van der Waals surface area contributed by atoms with Gasteiger partial charge in [-0.05, 0) is 49.2 Å². The van der Waals surface area contributed by atoms with Gasteiger partial charge in [-0.25, -0.2) is 0 Å². The summed E-state index contributed by atoms with van der Waals surface area (Å²) < 4.78 is 40.5. The van der Waals surface area contributed by atoms with Gasteiger partial charge in [0.1, 0.15) is 11.7 Å². The number of alkyl halides is 3. The molecule has 2 atom stereocenters. The summed E-state index contributed by atoms with van der Waals surface area (Å²) >= 11 is 0. The molecule has 0 radical (unpaired) electrons. The zero-order valence-electron chi connectivity index (χ0n) is 20.2. The smallest absolute Gasteiger partial charge is 0.322 e. The third-order valence-corrected chi connectivity index (χ3v) is 6.20. The highest BCUT2D eigenvalue weighted by molar-refractivity contribution is 6.15. The first-order chi connectivity index (χ1) is 17.6. The van der Waals surface area contributed by atoms with Crippen LogP contribution >= 0.6 is 0 Å². The minimum absolute atomic E-state index is 0.0336. The van der Waals surface area contributed by atoms with Crippen molar-refractivity contribution in [1.82, 2.24) is 15.1 Å². The highest BCUT2D eigenvalue weighted by atomic mass is 19.4. The Morgan fingerprint density at radius 2 is 1.97 bits per heavy atom. The molecule has 37 heavy (non-hydrogen) atoms. The lowest BCUT2D eigenvalue weighted by Crippen LogP contribution is -2.47. The number of hydrogen-bond acceptors (Lipinski definition) is 5. The van der Waals surface area contributed by atoms with Crippen molar-refractivity contribution in [2.45, 2.75) is 51.6 Å². The van der Waals surface area contributed by atoms with Gasteiger partial charge >= 0.3 is 6.18 Å². The van der Waals surface area contributed by atoms with Crippen molar-refractivity contribution in [2.75, 3.05) is 10.2 Å². The molecular formula is C26H25F3N6O2. The van der Waals surface area contributed by atoms with Crippen molar-refractivity contribution in [1.29, 1.82) is 5.26 Å². The van der Waals surface area contributed by atoms with Crippen LogP contribution in [0.4, 0.5) is 24.5 Å². The summed E-state index contributed by atoms with van der Waals surface area (Å²) in [4.78, 5) is 28.0. The Labute approximate surface area is 211 Å². The average molecular weight is 511 g/mol. The van der Waals surface area contributed by atoms with E-state index in [2.05, 4.69) is 15.7 Å². The number of halogens is 3. The van der Waals surface area contributed by atoms with Gasteiger partial charge in [0.15, 0.2) is 0 Å². The molecule has 0 aliphatic carbocycles. The number of carbonyl (C=O) groups is 2. The fourth-order valence-corrected chi connectivity index (χ4v) is 4.31. The Morgan fingerprint density at radius 1 is 1.24 bits per heavy atom. The maximum Gasteiger partial charge on any atom is 0.403 e. The van der Waals surface area contributed by atoms with Gasteiger partial charge in [-0.15, -0.1) is 0 Å². The third-order valence-electron chi connectivity index (χ3n) is 6.20. The van der Waals surface area contributed by atoms with Gasteiger partial charge in [0.2, 0.25) is 0 Å². The summed E-state index contributed by atoms with van der Waals surface area (Å²) in [6, 6.07) is 13.3. The van der Waals surface area contributed by atoms with Crippen molar-refractivity contribution >= 4 is 23.2 Å².